The molecule has 30 heavy (non-hydrogen) atoms. The number of H-pyrrole nitrogens is 1. The third-order valence-corrected chi connectivity index (χ3v) is 5.30. The van der Waals surface area contributed by atoms with Crippen molar-refractivity contribution in [3.63, 3.8) is 0 Å². The van der Waals surface area contributed by atoms with Crippen LogP contribution in [0.4, 0.5) is 0 Å². The molecular formula is C20H21ClN6O3. The second-order valence-electron chi connectivity index (χ2n) is 7.02. The average molecular weight is 429 g/mol. The first-order valence-electron chi connectivity index (χ1n) is 9.54. The van der Waals surface area contributed by atoms with Gasteiger partial charge in [0.05, 0.1) is 24.6 Å². The van der Waals surface area contributed by atoms with Crippen LogP contribution in [0.25, 0.3) is 28.5 Å². The fourth-order valence-corrected chi connectivity index (χ4v) is 3.85. The Morgan fingerprint density at radius 1 is 1.20 bits per heavy atom. The van der Waals surface area contributed by atoms with Gasteiger partial charge in [-0.2, -0.15) is 10.1 Å². The third kappa shape index (κ3) is 3.46. The molecule has 1 saturated heterocycles. The number of rotatable bonds is 4. The van der Waals surface area contributed by atoms with Gasteiger partial charge in [-0.05, 0) is 38.1 Å². The summed E-state index contributed by atoms with van der Waals surface area (Å²) in [5.74, 6) is 1.63. The standard InChI is InChI=1S/C20H20N6O3.ClH/c1-28-16-5-3-2-4-13(16)18-24-20(29-25-18)14-11-22-26-15(10-17(27)23-19(14)26)12-6-8-21-9-7-12;/h2-5,10-12,21H,6-9H2,1H3,(H,23,27);1H. The van der Waals surface area contributed by atoms with Crippen molar-refractivity contribution in [1.29, 1.82) is 0 Å². The number of aromatic nitrogens is 5. The van der Waals surface area contributed by atoms with E-state index in [1.165, 1.54) is 0 Å². The second kappa shape index (κ2) is 8.29. The Bertz CT molecular complexity index is 1220. The van der Waals surface area contributed by atoms with Gasteiger partial charge >= 0.3 is 0 Å². The molecule has 1 aliphatic rings. The van der Waals surface area contributed by atoms with Crippen molar-refractivity contribution in [3.8, 4) is 28.6 Å². The zero-order chi connectivity index (χ0) is 19.8. The lowest BCUT2D eigenvalue weighted by atomic mass is 9.94. The molecule has 3 aromatic heterocycles. The van der Waals surface area contributed by atoms with Crippen LogP contribution < -0.4 is 15.6 Å². The highest BCUT2D eigenvalue weighted by molar-refractivity contribution is 5.85. The zero-order valence-electron chi connectivity index (χ0n) is 16.3. The van der Waals surface area contributed by atoms with Gasteiger partial charge in [-0.15, -0.1) is 12.4 Å². The predicted molar refractivity (Wildman–Crippen MR) is 113 cm³/mol. The molecule has 0 saturated carbocycles. The monoisotopic (exact) mass is 428 g/mol. The number of methoxy groups -OCH3 is 1. The van der Waals surface area contributed by atoms with E-state index in [0.717, 1.165) is 37.2 Å². The minimum Gasteiger partial charge on any atom is -0.496 e. The number of ether oxygens (including phenoxy) is 1. The molecular weight excluding hydrogens is 408 g/mol. The van der Waals surface area contributed by atoms with Gasteiger partial charge in [0, 0.05) is 12.0 Å². The largest absolute Gasteiger partial charge is 0.496 e. The maximum Gasteiger partial charge on any atom is 0.263 e. The Hall–Kier alpha value is -3.17. The highest BCUT2D eigenvalue weighted by Crippen LogP contribution is 2.31. The van der Waals surface area contributed by atoms with Gasteiger partial charge in [0.2, 0.25) is 5.82 Å². The Morgan fingerprint density at radius 2 is 2.00 bits per heavy atom. The summed E-state index contributed by atoms with van der Waals surface area (Å²) in [4.78, 5) is 19.7. The van der Waals surface area contributed by atoms with Gasteiger partial charge in [-0.1, -0.05) is 17.3 Å². The van der Waals surface area contributed by atoms with Crippen molar-refractivity contribution in [2.75, 3.05) is 20.2 Å². The molecule has 5 rings (SSSR count). The molecule has 0 unspecified atom stereocenters. The lowest BCUT2D eigenvalue weighted by molar-refractivity contribution is 0.413. The molecule has 156 valence electrons. The van der Waals surface area contributed by atoms with Crippen LogP contribution in [0.5, 0.6) is 5.75 Å². The molecule has 10 heteroatoms. The fraction of sp³-hybridized carbons (Fsp3) is 0.300. The van der Waals surface area contributed by atoms with Crippen molar-refractivity contribution >= 4 is 18.1 Å². The summed E-state index contributed by atoms with van der Waals surface area (Å²) in [6.45, 7) is 1.86. The second-order valence-corrected chi connectivity index (χ2v) is 7.02. The summed E-state index contributed by atoms with van der Waals surface area (Å²) in [6.07, 6.45) is 3.58. The van der Waals surface area contributed by atoms with E-state index in [0.29, 0.717) is 28.7 Å². The SMILES string of the molecule is COc1ccccc1-c1noc(-c2cnn3c(C4CCNCC4)cc(=O)[nH]c23)n1.Cl. The normalized spacial score (nSPS) is 14.6. The molecule has 1 fully saturated rings. The fourth-order valence-electron chi connectivity index (χ4n) is 3.85. The zero-order valence-corrected chi connectivity index (χ0v) is 17.1. The molecule has 0 aliphatic carbocycles. The molecule has 4 aromatic rings. The van der Waals surface area contributed by atoms with Crippen molar-refractivity contribution in [3.05, 3.63) is 52.6 Å². The number of aromatic amines is 1. The number of piperidine rings is 1. The molecule has 4 heterocycles. The number of fused-ring (bicyclic) bond motifs is 1. The predicted octanol–water partition coefficient (Wildman–Crippen LogP) is 2.64. The first-order chi connectivity index (χ1) is 14.2. The van der Waals surface area contributed by atoms with Crippen LogP contribution in [0, 0.1) is 0 Å². The molecule has 1 aromatic carbocycles. The van der Waals surface area contributed by atoms with E-state index in [4.69, 9.17) is 9.26 Å². The van der Waals surface area contributed by atoms with E-state index in [9.17, 15) is 4.79 Å². The van der Waals surface area contributed by atoms with Gasteiger partial charge < -0.3 is 19.6 Å². The Kier molecular flexibility index (Phi) is 5.56. The van der Waals surface area contributed by atoms with E-state index in [-0.39, 0.29) is 23.9 Å². The number of nitrogens with one attached hydrogen (secondary N) is 2. The molecule has 0 bridgehead atoms. The van der Waals surface area contributed by atoms with Gasteiger partial charge in [-0.25, -0.2) is 4.52 Å². The lowest BCUT2D eigenvalue weighted by Crippen LogP contribution is -2.28. The summed E-state index contributed by atoms with van der Waals surface area (Å²) in [7, 11) is 1.60. The molecule has 0 amide bonds. The van der Waals surface area contributed by atoms with E-state index < -0.39 is 0 Å². The lowest BCUT2D eigenvalue weighted by Gasteiger charge is -2.23. The highest BCUT2D eigenvalue weighted by atomic mass is 35.5. The van der Waals surface area contributed by atoms with Crippen LogP contribution in [0.15, 0.2) is 45.8 Å². The maximum absolute atomic E-state index is 12.3. The smallest absolute Gasteiger partial charge is 0.263 e. The molecule has 0 atom stereocenters. The minimum absolute atomic E-state index is 0. The number of para-hydroxylation sites is 1. The van der Waals surface area contributed by atoms with Crippen molar-refractivity contribution in [2.45, 2.75) is 18.8 Å². The maximum atomic E-state index is 12.3. The van der Waals surface area contributed by atoms with Crippen LogP contribution in [-0.4, -0.2) is 44.9 Å². The summed E-state index contributed by atoms with van der Waals surface area (Å²) < 4.78 is 12.6. The number of nitrogens with zero attached hydrogens (tertiary/aromatic N) is 4. The van der Waals surface area contributed by atoms with Crippen LogP contribution in [0.2, 0.25) is 0 Å². The van der Waals surface area contributed by atoms with Gasteiger partial charge in [0.25, 0.3) is 11.4 Å². The Labute approximate surface area is 177 Å². The minimum atomic E-state index is -0.169. The molecule has 2 N–H and O–H groups in total. The quantitative estimate of drug-likeness (QED) is 0.514. The molecule has 9 nitrogen and oxygen atoms in total. The van der Waals surface area contributed by atoms with Gasteiger partial charge in [0.15, 0.2) is 0 Å². The van der Waals surface area contributed by atoms with Crippen molar-refractivity contribution in [2.24, 2.45) is 0 Å². The molecule has 1 aliphatic heterocycles. The molecule has 0 spiro atoms. The topological polar surface area (TPSA) is 110 Å². The third-order valence-electron chi connectivity index (χ3n) is 5.30. The van der Waals surface area contributed by atoms with Crippen LogP contribution in [0.3, 0.4) is 0 Å². The van der Waals surface area contributed by atoms with Crippen molar-refractivity contribution < 1.29 is 9.26 Å². The summed E-state index contributed by atoms with van der Waals surface area (Å²) in [6, 6.07) is 9.09. The van der Waals surface area contributed by atoms with E-state index >= 15 is 0 Å². The van der Waals surface area contributed by atoms with Gasteiger partial charge in [-0.3, -0.25) is 4.79 Å². The van der Waals surface area contributed by atoms with E-state index in [2.05, 4.69) is 25.5 Å². The average Bonchev–Trinajstić information content (AvgIpc) is 3.40. The van der Waals surface area contributed by atoms with Crippen LogP contribution >= 0.6 is 12.4 Å². The first-order valence-corrected chi connectivity index (χ1v) is 9.54. The number of hydrogen-bond donors (Lipinski definition) is 2. The Balaban J connectivity index is 0.00000218. The molecule has 0 radical (unpaired) electrons. The van der Waals surface area contributed by atoms with Crippen LogP contribution in [-0.2, 0) is 0 Å². The van der Waals surface area contributed by atoms with Crippen LogP contribution in [0.1, 0.15) is 24.5 Å². The number of halogens is 1. The van der Waals surface area contributed by atoms with E-state index in [1.807, 2.05) is 24.3 Å². The first kappa shape index (κ1) is 20.1. The number of hydrogen-bond acceptors (Lipinski definition) is 7. The van der Waals surface area contributed by atoms with E-state index in [1.54, 1.807) is 23.9 Å². The summed E-state index contributed by atoms with van der Waals surface area (Å²) in [5, 5.41) is 11.9. The summed E-state index contributed by atoms with van der Waals surface area (Å²) >= 11 is 0. The number of benzene rings is 1. The Morgan fingerprint density at radius 3 is 2.80 bits per heavy atom. The van der Waals surface area contributed by atoms with Crippen molar-refractivity contribution in [1.82, 2.24) is 30.1 Å². The van der Waals surface area contributed by atoms with Gasteiger partial charge in [0.1, 0.15) is 17.0 Å². The summed E-state index contributed by atoms with van der Waals surface area (Å²) in [5.41, 5.74) is 2.61. The highest BCUT2D eigenvalue weighted by Gasteiger charge is 2.23.